The Balaban J connectivity index is 2.03. The van der Waals surface area contributed by atoms with Crippen molar-refractivity contribution in [2.24, 2.45) is 0 Å². The van der Waals surface area contributed by atoms with E-state index in [4.69, 9.17) is 4.74 Å². The monoisotopic (exact) mass is 252 g/mol. The molecule has 0 aliphatic carbocycles. The number of carbonyl (C=O) groups excluding carboxylic acids is 2. The van der Waals surface area contributed by atoms with Gasteiger partial charge in [0, 0.05) is 6.92 Å². The van der Waals surface area contributed by atoms with Gasteiger partial charge in [0.25, 0.3) is 0 Å². The molecule has 0 aromatic heterocycles. The van der Waals surface area contributed by atoms with Gasteiger partial charge < -0.3 is 10.1 Å². The van der Waals surface area contributed by atoms with Crippen LogP contribution in [0.15, 0.2) is 24.3 Å². The third-order valence-electron chi connectivity index (χ3n) is 2.57. The minimum Gasteiger partial charge on any atom is -0.442 e. The van der Waals surface area contributed by atoms with Crippen molar-refractivity contribution in [3.05, 3.63) is 30.1 Å². The number of nitrogens with zero attached hydrogens (tertiary/aromatic N) is 1. The largest absolute Gasteiger partial charge is 0.442 e. The summed E-state index contributed by atoms with van der Waals surface area (Å²) in [5.74, 6) is -0.596. The molecule has 1 fully saturated rings. The molecule has 5 nitrogen and oxygen atoms in total. The lowest BCUT2D eigenvalue weighted by Crippen LogP contribution is -2.33. The van der Waals surface area contributed by atoms with Crippen molar-refractivity contribution in [1.82, 2.24) is 5.32 Å². The van der Waals surface area contributed by atoms with Crippen molar-refractivity contribution in [1.29, 1.82) is 0 Å². The molecule has 0 saturated carbocycles. The van der Waals surface area contributed by atoms with Gasteiger partial charge in [-0.2, -0.15) is 0 Å². The fourth-order valence-electron chi connectivity index (χ4n) is 1.74. The quantitative estimate of drug-likeness (QED) is 0.881. The van der Waals surface area contributed by atoms with Gasteiger partial charge in [0.1, 0.15) is 11.9 Å². The highest BCUT2D eigenvalue weighted by atomic mass is 19.1. The molecule has 1 heterocycles. The molecule has 0 radical (unpaired) electrons. The zero-order chi connectivity index (χ0) is 13.1. The van der Waals surface area contributed by atoms with E-state index in [1.54, 1.807) is 6.07 Å². The maximum absolute atomic E-state index is 13.1. The van der Waals surface area contributed by atoms with Crippen molar-refractivity contribution in [3.8, 4) is 0 Å². The molecule has 2 amide bonds. The Morgan fingerprint density at radius 1 is 1.61 bits per heavy atom. The van der Waals surface area contributed by atoms with E-state index < -0.39 is 18.0 Å². The number of halogens is 1. The van der Waals surface area contributed by atoms with E-state index in [9.17, 15) is 14.0 Å². The second-order valence-corrected chi connectivity index (χ2v) is 4.03. The van der Waals surface area contributed by atoms with Crippen LogP contribution in [0.3, 0.4) is 0 Å². The summed E-state index contributed by atoms with van der Waals surface area (Å²) < 4.78 is 18.1. The molecule has 0 unspecified atom stereocenters. The van der Waals surface area contributed by atoms with Crippen LogP contribution in [0, 0.1) is 5.82 Å². The van der Waals surface area contributed by atoms with E-state index in [2.05, 4.69) is 5.32 Å². The number of nitrogens with one attached hydrogen (secondary N) is 1. The van der Waals surface area contributed by atoms with Gasteiger partial charge in [-0.15, -0.1) is 0 Å². The number of hydrogen-bond donors (Lipinski definition) is 1. The van der Waals surface area contributed by atoms with Crippen LogP contribution < -0.4 is 10.2 Å². The molecular weight excluding hydrogens is 239 g/mol. The summed E-state index contributed by atoms with van der Waals surface area (Å²) in [6.07, 6.45) is -0.944. The summed E-state index contributed by atoms with van der Waals surface area (Å²) in [6.45, 7) is 1.94. The first-order chi connectivity index (χ1) is 8.56. The Morgan fingerprint density at radius 3 is 3.06 bits per heavy atom. The van der Waals surface area contributed by atoms with Crippen molar-refractivity contribution < 1.29 is 18.7 Å². The average molecular weight is 252 g/mol. The molecule has 96 valence electrons. The lowest BCUT2D eigenvalue weighted by molar-refractivity contribution is -0.119. The molecule has 18 heavy (non-hydrogen) atoms. The van der Waals surface area contributed by atoms with Crippen LogP contribution in [0.2, 0.25) is 0 Å². The Hall–Kier alpha value is -2.11. The summed E-state index contributed by atoms with van der Waals surface area (Å²) in [5, 5.41) is 2.57. The standard InChI is InChI=1S/C12H13FN2O3/c1-8(16)14-6-11-7-15(12(17)18-11)10-4-2-3-9(13)5-10/h2-5,11H,6-7H2,1H3,(H,14,16)/t11-/m1/s1. The minimum atomic E-state index is -0.532. The van der Waals surface area contributed by atoms with Gasteiger partial charge in [-0.3, -0.25) is 9.69 Å². The van der Waals surface area contributed by atoms with Gasteiger partial charge in [0.05, 0.1) is 18.8 Å². The molecule has 2 rings (SSSR count). The SMILES string of the molecule is CC(=O)NC[C@@H]1CN(c2cccc(F)c2)C(=O)O1. The molecule has 1 atom stereocenters. The molecule has 1 aromatic rings. The topological polar surface area (TPSA) is 58.6 Å². The van der Waals surface area contributed by atoms with E-state index in [1.165, 1.54) is 30.0 Å². The van der Waals surface area contributed by atoms with E-state index >= 15 is 0 Å². The maximum atomic E-state index is 13.1. The minimum absolute atomic E-state index is 0.185. The Bertz CT molecular complexity index is 478. The number of carbonyl (C=O) groups is 2. The molecule has 0 spiro atoms. The predicted molar refractivity (Wildman–Crippen MR) is 62.7 cm³/mol. The normalized spacial score (nSPS) is 18.7. The van der Waals surface area contributed by atoms with Gasteiger partial charge in [0.15, 0.2) is 0 Å². The van der Waals surface area contributed by atoms with Crippen LogP contribution in [-0.2, 0) is 9.53 Å². The third kappa shape index (κ3) is 2.77. The van der Waals surface area contributed by atoms with Crippen molar-refractivity contribution in [2.45, 2.75) is 13.0 Å². The van der Waals surface area contributed by atoms with Crippen molar-refractivity contribution in [2.75, 3.05) is 18.0 Å². The zero-order valence-corrected chi connectivity index (χ0v) is 9.85. The number of anilines is 1. The van der Waals surface area contributed by atoms with Gasteiger partial charge in [-0.1, -0.05) is 6.07 Å². The second kappa shape index (κ2) is 5.03. The predicted octanol–water partition coefficient (Wildman–Crippen LogP) is 1.29. The van der Waals surface area contributed by atoms with Gasteiger partial charge in [-0.25, -0.2) is 9.18 Å². The first kappa shape index (κ1) is 12.3. The number of hydrogen-bond acceptors (Lipinski definition) is 3. The van der Waals surface area contributed by atoms with Crippen LogP contribution in [0.5, 0.6) is 0 Å². The number of amides is 2. The molecule has 1 aliphatic heterocycles. The van der Waals surface area contributed by atoms with Crippen LogP contribution in [0.1, 0.15) is 6.92 Å². The second-order valence-electron chi connectivity index (χ2n) is 4.03. The van der Waals surface area contributed by atoms with Gasteiger partial charge in [0.2, 0.25) is 5.91 Å². The summed E-state index contributed by atoms with van der Waals surface area (Å²) in [6, 6.07) is 5.73. The summed E-state index contributed by atoms with van der Waals surface area (Å²) >= 11 is 0. The fraction of sp³-hybridized carbons (Fsp3) is 0.333. The van der Waals surface area contributed by atoms with Gasteiger partial charge >= 0.3 is 6.09 Å². The molecule has 1 aromatic carbocycles. The zero-order valence-electron chi connectivity index (χ0n) is 9.85. The van der Waals surface area contributed by atoms with E-state index in [0.29, 0.717) is 12.2 Å². The Labute approximate surface area is 104 Å². The number of benzene rings is 1. The lowest BCUT2D eigenvalue weighted by Gasteiger charge is -2.12. The highest BCUT2D eigenvalue weighted by Gasteiger charge is 2.32. The number of cyclic esters (lactones) is 1. The van der Waals surface area contributed by atoms with Gasteiger partial charge in [-0.05, 0) is 18.2 Å². The summed E-state index contributed by atoms with van der Waals surface area (Å²) in [5.41, 5.74) is 0.449. The van der Waals surface area contributed by atoms with Crippen LogP contribution in [0.25, 0.3) is 0 Å². The fourth-order valence-corrected chi connectivity index (χ4v) is 1.74. The Kier molecular flexibility index (Phi) is 3.45. The molecule has 1 N–H and O–H groups in total. The number of ether oxygens (including phenoxy) is 1. The molecule has 0 bridgehead atoms. The first-order valence-electron chi connectivity index (χ1n) is 5.54. The third-order valence-corrected chi connectivity index (χ3v) is 2.57. The Morgan fingerprint density at radius 2 is 2.39 bits per heavy atom. The molecule has 6 heteroatoms. The van der Waals surface area contributed by atoms with E-state index in [1.807, 2.05) is 0 Å². The van der Waals surface area contributed by atoms with Crippen molar-refractivity contribution in [3.63, 3.8) is 0 Å². The van der Waals surface area contributed by atoms with Crippen LogP contribution in [0.4, 0.5) is 14.9 Å². The summed E-state index contributed by atoms with van der Waals surface area (Å²) in [7, 11) is 0. The van der Waals surface area contributed by atoms with E-state index in [-0.39, 0.29) is 12.5 Å². The first-order valence-corrected chi connectivity index (χ1v) is 5.54. The summed E-state index contributed by atoms with van der Waals surface area (Å²) in [4.78, 5) is 23.7. The molecule has 1 saturated heterocycles. The highest BCUT2D eigenvalue weighted by Crippen LogP contribution is 2.21. The van der Waals surface area contributed by atoms with E-state index in [0.717, 1.165) is 0 Å². The molecular formula is C12H13FN2O3. The van der Waals surface area contributed by atoms with Crippen LogP contribution >= 0.6 is 0 Å². The average Bonchev–Trinajstić information content (AvgIpc) is 2.68. The molecule has 1 aliphatic rings. The number of rotatable bonds is 3. The highest BCUT2D eigenvalue weighted by molar-refractivity contribution is 5.89. The lowest BCUT2D eigenvalue weighted by atomic mass is 10.2. The van der Waals surface area contributed by atoms with Crippen molar-refractivity contribution >= 4 is 17.7 Å². The smallest absolute Gasteiger partial charge is 0.414 e. The van der Waals surface area contributed by atoms with Crippen LogP contribution in [-0.4, -0.2) is 31.2 Å². The maximum Gasteiger partial charge on any atom is 0.414 e.